The van der Waals surface area contributed by atoms with Crippen molar-refractivity contribution in [1.29, 1.82) is 0 Å². The molecule has 2 atom stereocenters. The molecule has 1 heterocycles. The quantitative estimate of drug-likeness (QED) is 0.460. The number of hydrogen-bond acceptors (Lipinski definition) is 4. The first-order valence-corrected chi connectivity index (χ1v) is 7.97. The fourth-order valence-corrected chi connectivity index (χ4v) is 2.34. The van der Waals surface area contributed by atoms with Gasteiger partial charge in [-0.05, 0) is 25.7 Å². The van der Waals surface area contributed by atoms with Crippen molar-refractivity contribution in [2.24, 2.45) is 5.92 Å². The summed E-state index contributed by atoms with van der Waals surface area (Å²) < 4.78 is 0. The van der Waals surface area contributed by atoms with E-state index in [1.807, 2.05) is 13.8 Å². The maximum Gasteiger partial charge on any atom is 0.243 e. The molecule has 1 fully saturated rings. The first-order valence-electron chi connectivity index (χ1n) is 7.97. The fourth-order valence-electron chi connectivity index (χ4n) is 2.34. The Bertz CT molecular complexity index is 464. The third-order valence-electron chi connectivity index (χ3n) is 3.45. The van der Waals surface area contributed by atoms with E-state index in [1.54, 1.807) is 6.92 Å². The molecule has 0 bridgehead atoms. The number of rotatable bonds is 8. The number of carbonyl (C=O) groups excluding carboxylic acids is 4. The Morgan fingerprint density at radius 2 is 1.96 bits per heavy atom. The van der Waals surface area contributed by atoms with E-state index in [0.717, 1.165) is 0 Å². The van der Waals surface area contributed by atoms with Crippen molar-refractivity contribution in [2.45, 2.75) is 52.1 Å². The van der Waals surface area contributed by atoms with Gasteiger partial charge in [-0.2, -0.15) is 0 Å². The summed E-state index contributed by atoms with van der Waals surface area (Å²) in [5.41, 5.74) is 0. The molecule has 0 radical (unpaired) electrons. The molecule has 23 heavy (non-hydrogen) atoms. The predicted molar refractivity (Wildman–Crippen MR) is 84.2 cm³/mol. The molecule has 1 rings (SSSR count). The van der Waals surface area contributed by atoms with E-state index in [1.165, 1.54) is 0 Å². The zero-order chi connectivity index (χ0) is 17.4. The molecule has 1 saturated heterocycles. The third-order valence-corrected chi connectivity index (χ3v) is 3.45. The molecule has 0 spiro atoms. The Hall–Kier alpha value is -2.12. The number of likely N-dealkylation sites (N-methyl/N-ethyl adjacent to an activating group) is 1. The molecular formula is C15H26N4O4. The third kappa shape index (κ3) is 6.66. The van der Waals surface area contributed by atoms with Crippen molar-refractivity contribution >= 4 is 23.6 Å². The highest BCUT2D eigenvalue weighted by Gasteiger charge is 2.30. The first-order chi connectivity index (χ1) is 10.8. The zero-order valence-electron chi connectivity index (χ0n) is 13.9. The maximum absolute atomic E-state index is 12.2. The van der Waals surface area contributed by atoms with Crippen LogP contribution in [-0.4, -0.2) is 48.8 Å². The monoisotopic (exact) mass is 326 g/mol. The molecule has 0 aromatic carbocycles. The summed E-state index contributed by atoms with van der Waals surface area (Å²) in [6, 6.07) is -1.32. The van der Waals surface area contributed by atoms with Crippen LogP contribution < -0.4 is 21.3 Å². The van der Waals surface area contributed by atoms with Crippen molar-refractivity contribution in [2.75, 3.05) is 13.1 Å². The minimum atomic E-state index is -0.727. The molecule has 8 nitrogen and oxygen atoms in total. The Balaban J connectivity index is 2.57. The van der Waals surface area contributed by atoms with E-state index in [-0.39, 0.29) is 30.2 Å². The number of nitrogens with one attached hydrogen (secondary N) is 4. The minimum absolute atomic E-state index is 0.128. The lowest BCUT2D eigenvalue weighted by atomic mass is 10.0. The Kier molecular flexibility index (Phi) is 7.50. The van der Waals surface area contributed by atoms with Crippen LogP contribution in [0.3, 0.4) is 0 Å². The summed E-state index contributed by atoms with van der Waals surface area (Å²) in [7, 11) is 0. The van der Waals surface area contributed by atoms with E-state index < -0.39 is 18.0 Å². The van der Waals surface area contributed by atoms with Crippen molar-refractivity contribution in [1.82, 2.24) is 21.3 Å². The predicted octanol–water partition coefficient (Wildman–Crippen LogP) is -0.952. The van der Waals surface area contributed by atoms with Crippen LogP contribution in [0.1, 0.15) is 40.0 Å². The molecule has 1 aliphatic rings. The average molecular weight is 326 g/mol. The van der Waals surface area contributed by atoms with Gasteiger partial charge >= 0.3 is 0 Å². The lowest BCUT2D eigenvalue weighted by Crippen LogP contribution is -2.53. The van der Waals surface area contributed by atoms with Gasteiger partial charge in [-0.15, -0.1) is 0 Å². The smallest absolute Gasteiger partial charge is 0.243 e. The van der Waals surface area contributed by atoms with Crippen LogP contribution in [-0.2, 0) is 19.2 Å². The lowest BCUT2D eigenvalue weighted by molar-refractivity contribution is -0.131. The van der Waals surface area contributed by atoms with E-state index in [4.69, 9.17) is 0 Å². The standard InChI is InChI=1S/C15H26N4O4/c1-4-16-13(21)8-17-14(22)11(7-9(2)3)19-15(23)10-5-6-12(20)18-10/h9-11H,4-8H2,1-3H3,(H,16,21)(H,17,22)(H,18,20)(H,19,23)/t10-,11-/m0/s1. The molecule has 0 aromatic heterocycles. The van der Waals surface area contributed by atoms with Gasteiger partial charge in [0.15, 0.2) is 0 Å². The summed E-state index contributed by atoms with van der Waals surface area (Å²) in [6.07, 6.45) is 1.20. The number of amides is 4. The minimum Gasteiger partial charge on any atom is -0.355 e. The average Bonchev–Trinajstić information content (AvgIpc) is 2.90. The van der Waals surface area contributed by atoms with E-state index in [0.29, 0.717) is 25.8 Å². The largest absolute Gasteiger partial charge is 0.355 e. The second-order valence-corrected chi connectivity index (χ2v) is 6.02. The van der Waals surface area contributed by atoms with Gasteiger partial charge in [0.25, 0.3) is 0 Å². The van der Waals surface area contributed by atoms with Crippen LogP contribution in [0.4, 0.5) is 0 Å². The molecule has 0 aliphatic carbocycles. The van der Waals surface area contributed by atoms with Crippen LogP contribution >= 0.6 is 0 Å². The summed E-state index contributed by atoms with van der Waals surface area (Å²) in [6.45, 7) is 6.03. The van der Waals surface area contributed by atoms with Crippen molar-refractivity contribution in [3.8, 4) is 0 Å². The molecule has 0 unspecified atom stereocenters. The highest BCUT2D eigenvalue weighted by Crippen LogP contribution is 2.09. The first kappa shape index (κ1) is 18.9. The van der Waals surface area contributed by atoms with Gasteiger partial charge < -0.3 is 21.3 Å². The van der Waals surface area contributed by atoms with Crippen LogP contribution in [0, 0.1) is 5.92 Å². The summed E-state index contributed by atoms with van der Waals surface area (Å²) >= 11 is 0. The van der Waals surface area contributed by atoms with Crippen molar-refractivity contribution in [3.63, 3.8) is 0 Å². The normalized spacial score (nSPS) is 18.3. The van der Waals surface area contributed by atoms with E-state index in [2.05, 4.69) is 21.3 Å². The molecular weight excluding hydrogens is 300 g/mol. The number of hydrogen-bond donors (Lipinski definition) is 4. The van der Waals surface area contributed by atoms with Crippen LogP contribution in [0.5, 0.6) is 0 Å². The number of carbonyl (C=O) groups is 4. The highest BCUT2D eigenvalue weighted by atomic mass is 16.2. The molecule has 130 valence electrons. The van der Waals surface area contributed by atoms with Gasteiger partial charge in [0.1, 0.15) is 12.1 Å². The molecule has 1 aliphatic heterocycles. The second-order valence-electron chi connectivity index (χ2n) is 6.02. The Morgan fingerprint density at radius 1 is 1.26 bits per heavy atom. The van der Waals surface area contributed by atoms with Gasteiger partial charge in [-0.3, -0.25) is 19.2 Å². The molecule has 8 heteroatoms. The molecule has 4 N–H and O–H groups in total. The van der Waals surface area contributed by atoms with Crippen LogP contribution in [0.15, 0.2) is 0 Å². The van der Waals surface area contributed by atoms with Gasteiger partial charge in [-0.25, -0.2) is 0 Å². The van der Waals surface area contributed by atoms with Gasteiger partial charge in [0, 0.05) is 13.0 Å². The van der Waals surface area contributed by atoms with Crippen LogP contribution in [0.2, 0.25) is 0 Å². The molecule has 0 saturated carbocycles. The second kappa shape index (κ2) is 9.12. The highest BCUT2D eigenvalue weighted by molar-refractivity contribution is 5.94. The van der Waals surface area contributed by atoms with Crippen molar-refractivity contribution in [3.05, 3.63) is 0 Å². The summed E-state index contributed by atoms with van der Waals surface area (Å²) in [4.78, 5) is 46.9. The molecule has 0 aromatic rings. The topological polar surface area (TPSA) is 116 Å². The maximum atomic E-state index is 12.2. The van der Waals surface area contributed by atoms with Gasteiger partial charge in [0.2, 0.25) is 23.6 Å². The van der Waals surface area contributed by atoms with E-state index >= 15 is 0 Å². The van der Waals surface area contributed by atoms with Crippen molar-refractivity contribution < 1.29 is 19.2 Å². The Morgan fingerprint density at radius 3 is 2.48 bits per heavy atom. The SMILES string of the molecule is CCNC(=O)CNC(=O)[C@H](CC(C)C)NC(=O)[C@@H]1CCC(=O)N1. The van der Waals surface area contributed by atoms with Gasteiger partial charge in [0.05, 0.1) is 6.54 Å². The fraction of sp³-hybridized carbons (Fsp3) is 0.733. The summed E-state index contributed by atoms with van der Waals surface area (Å²) in [5, 5.41) is 10.3. The Labute approximate surface area is 136 Å². The zero-order valence-corrected chi connectivity index (χ0v) is 13.9. The van der Waals surface area contributed by atoms with Crippen LogP contribution in [0.25, 0.3) is 0 Å². The summed E-state index contributed by atoms with van der Waals surface area (Å²) in [5.74, 6) is -1.02. The van der Waals surface area contributed by atoms with E-state index in [9.17, 15) is 19.2 Å². The molecule has 4 amide bonds. The lowest BCUT2D eigenvalue weighted by Gasteiger charge is -2.21. The van der Waals surface area contributed by atoms with Gasteiger partial charge in [-0.1, -0.05) is 13.8 Å².